The van der Waals surface area contributed by atoms with Gasteiger partial charge in [-0.2, -0.15) is 0 Å². The number of amidine groups is 1. The van der Waals surface area contributed by atoms with E-state index >= 15 is 0 Å². The van der Waals surface area contributed by atoms with E-state index < -0.39 is 0 Å². The van der Waals surface area contributed by atoms with Crippen LogP contribution in [0.4, 0.5) is 0 Å². The van der Waals surface area contributed by atoms with Crippen molar-refractivity contribution in [3.8, 4) is 0 Å². The van der Waals surface area contributed by atoms with Gasteiger partial charge in [0.05, 0.1) is 17.8 Å². The van der Waals surface area contributed by atoms with Gasteiger partial charge in [0.1, 0.15) is 5.84 Å². The quantitative estimate of drug-likeness (QED) is 0.373. The van der Waals surface area contributed by atoms with Crippen LogP contribution in [0.3, 0.4) is 0 Å². The predicted octanol–water partition coefficient (Wildman–Crippen LogP) is 3.56. The standard InChI is InChI=1S/C31H35N5O3/c1-20-6-13-27-30(33-14-3-15-37)35-26(24-5-2-4-21(17-24)18-29(32)38)19-36(27)28(16-20)22-7-9-23(10-8-22)31(39)34-25-11-12-25/h2,4-5,7-10,13,16-17,19-20,25,37H,3,6,11-12,14-15,18H2,1H3,(H2,32,38)(H,33,35)(H,34,39). The summed E-state index contributed by atoms with van der Waals surface area (Å²) < 4.78 is 0. The number of hydrogen-bond acceptors (Lipinski definition) is 5. The number of benzene rings is 2. The summed E-state index contributed by atoms with van der Waals surface area (Å²) >= 11 is 0. The van der Waals surface area contributed by atoms with Crippen LogP contribution in [0.25, 0.3) is 11.4 Å². The fourth-order valence-electron chi connectivity index (χ4n) is 4.75. The van der Waals surface area contributed by atoms with Gasteiger partial charge in [-0.3, -0.25) is 14.6 Å². The molecule has 5 rings (SSSR count). The van der Waals surface area contributed by atoms with Crippen molar-refractivity contribution in [2.45, 2.75) is 45.1 Å². The molecule has 2 aliphatic heterocycles. The number of amides is 2. The highest BCUT2D eigenvalue weighted by molar-refractivity contribution is 6.06. The maximum absolute atomic E-state index is 12.6. The van der Waals surface area contributed by atoms with Gasteiger partial charge >= 0.3 is 0 Å². The minimum absolute atomic E-state index is 0.0358. The molecule has 5 N–H and O–H groups in total. The Morgan fingerprint density at radius 3 is 2.64 bits per heavy atom. The summed E-state index contributed by atoms with van der Waals surface area (Å²) in [4.78, 5) is 31.0. The molecule has 202 valence electrons. The smallest absolute Gasteiger partial charge is 0.251 e. The first-order valence-corrected chi connectivity index (χ1v) is 13.6. The number of primary amides is 1. The number of carbonyl (C=O) groups is 2. The van der Waals surface area contributed by atoms with E-state index in [2.05, 4.69) is 40.8 Å². The Kier molecular flexibility index (Phi) is 7.93. The second-order valence-corrected chi connectivity index (χ2v) is 10.4. The van der Waals surface area contributed by atoms with Crippen molar-refractivity contribution in [2.75, 3.05) is 13.2 Å². The Morgan fingerprint density at radius 1 is 1.13 bits per heavy atom. The van der Waals surface area contributed by atoms with Crippen molar-refractivity contribution in [2.24, 2.45) is 16.6 Å². The first-order chi connectivity index (χ1) is 18.9. The van der Waals surface area contributed by atoms with Crippen molar-refractivity contribution < 1.29 is 14.7 Å². The van der Waals surface area contributed by atoms with E-state index in [0.717, 1.165) is 58.9 Å². The van der Waals surface area contributed by atoms with Gasteiger partial charge in [-0.25, -0.2) is 0 Å². The van der Waals surface area contributed by atoms with Crippen LogP contribution in [0.15, 0.2) is 77.6 Å². The molecule has 0 spiro atoms. The number of carbonyl (C=O) groups excluding carboxylic acids is 2. The zero-order valence-electron chi connectivity index (χ0n) is 22.2. The minimum atomic E-state index is -0.379. The van der Waals surface area contributed by atoms with Crippen molar-refractivity contribution in [3.05, 3.63) is 94.8 Å². The van der Waals surface area contributed by atoms with Crippen LogP contribution in [-0.4, -0.2) is 46.8 Å². The maximum Gasteiger partial charge on any atom is 0.251 e. The number of nitrogens with one attached hydrogen (secondary N) is 2. The molecule has 1 atom stereocenters. The molecule has 0 aromatic heterocycles. The second kappa shape index (κ2) is 11.7. The number of allylic oxidation sites excluding steroid dienone is 2. The average Bonchev–Trinajstić information content (AvgIpc) is 3.76. The molecule has 3 aliphatic rings. The molecule has 0 saturated heterocycles. The Hall–Kier alpha value is -4.17. The largest absolute Gasteiger partial charge is 0.396 e. The van der Waals surface area contributed by atoms with E-state index in [1.54, 1.807) is 0 Å². The fourth-order valence-corrected chi connectivity index (χ4v) is 4.75. The molecule has 1 aliphatic carbocycles. The van der Waals surface area contributed by atoms with E-state index in [1.165, 1.54) is 0 Å². The topological polar surface area (TPSA) is 120 Å². The van der Waals surface area contributed by atoms with Gasteiger partial charge in [-0.15, -0.1) is 0 Å². The van der Waals surface area contributed by atoms with Gasteiger partial charge in [-0.05, 0) is 66.5 Å². The van der Waals surface area contributed by atoms with Gasteiger partial charge in [-0.1, -0.05) is 49.4 Å². The molecule has 1 unspecified atom stereocenters. The van der Waals surface area contributed by atoms with Gasteiger partial charge < -0.3 is 26.4 Å². The molecule has 1 fully saturated rings. The predicted molar refractivity (Wildman–Crippen MR) is 153 cm³/mol. The molecule has 2 aromatic rings. The van der Waals surface area contributed by atoms with Crippen LogP contribution in [-0.2, 0) is 11.2 Å². The Balaban J connectivity index is 1.53. The summed E-state index contributed by atoms with van der Waals surface area (Å²) in [5, 5.41) is 15.9. The lowest BCUT2D eigenvalue weighted by atomic mass is 10.0. The first kappa shape index (κ1) is 26.4. The zero-order chi connectivity index (χ0) is 27.4. The molecule has 1 saturated carbocycles. The fraction of sp³-hybridized carbons (Fsp3) is 0.323. The number of rotatable bonds is 9. The normalized spacial score (nSPS) is 19.7. The third kappa shape index (κ3) is 6.46. The van der Waals surface area contributed by atoms with E-state index in [1.807, 2.05) is 48.5 Å². The van der Waals surface area contributed by atoms with Crippen LogP contribution < -0.4 is 16.4 Å². The third-order valence-corrected chi connectivity index (χ3v) is 6.96. The summed E-state index contributed by atoms with van der Waals surface area (Å²) in [5.74, 6) is 0.591. The van der Waals surface area contributed by atoms with E-state index in [-0.39, 0.29) is 30.8 Å². The molecule has 0 bridgehead atoms. The minimum Gasteiger partial charge on any atom is -0.396 e. The maximum atomic E-state index is 12.6. The number of aliphatic hydroxyl groups is 1. The first-order valence-electron chi connectivity index (χ1n) is 13.6. The molecule has 2 heterocycles. The number of nitrogens with two attached hydrogens (primary N) is 1. The van der Waals surface area contributed by atoms with Crippen LogP contribution >= 0.6 is 0 Å². The number of aliphatic hydroxyl groups excluding tert-OH is 1. The highest BCUT2D eigenvalue weighted by Gasteiger charge is 2.28. The van der Waals surface area contributed by atoms with Crippen LogP contribution in [0.5, 0.6) is 0 Å². The van der Waals surface area contributed by atoms with E-state index in [9.17, 15) is 14.7 Å². The van der Waals surface area contributed by atoms with Crippen molar-refractivity contribution >= 4 is 29.0 Å². The molecular weight excluding hydrogens is 490 g/mol. The van der Waals surface area contributed by atoms with Gasteiger partial charge in [0.2, 0.25) is 5.91 Å². The lowest BCUT2D eigenvalue weighted by Gasteiger charge is -2.33. The zero-order valence-corrected chi connectivity index (χ0v) is 22.2. The monoisotopic (exact) mass is 525 g/mol. The summed E-state index contributed by atoms with van der Waals surface area (Å²) in [6.45, 7) is 2.74. The van der Waals surface area contributed by atoms with Crippen molar-refractivity contribution in [1.82, 2.24) is 15.5 Å². The van der Waals surface area contributed by atoms with Crippen LogP contribution in [0, 0.1) is 5.92 Å². The summed E-state index contributed by atoms with van der Waals surface area (Å²) in [7, 11) is 0. The van der Waals surface area contributed by atoms with Crippen LogP contribution in [0.1, 0.15) is 59.7 Å². The second-order valence-electron chi connectivity index (χ2n) is 10.4. The summed E-state index contributed by atoms with van der Waals surface area (Å²) in [6, 6.07) is 15.8. The summed E-state index contributed by atoms with van der Waals surface area (Å²) in [5.41, 5.74) is 11.6. The van der Waals surface area contributed by atoms with Gasteiger partial charge in [0.25, 0.3) is 5.91 Å². The molecule has 8 heteroatoms. The van der Waals surface area contributed by atoms with Gasteiger partial charge in [0.15, 0.2) is 0 Å². The van der Waals surface area contributed by atoms with Gasteiger partial charge in [0, 0.05) is 36.7 Å². The molecule has 8 nitrogen and oxygen atoms in total. The number of fused-ring (bicyclic) bond motifs is 1. The highest BCUT2D eigenvalue weighted by atomic mass is 16.3. The average molecular weight is 526 g/mol. The third-order valence-electron chi connectivity index (χ3n) is 6.96. The highest BCUT2D eigenvalue weighted by Crippen LogP contribution is 2.35. The molecule has 0 radical (unpaired) electrons. The van der Waals surface area contributed by atoms with E-state index in [4.69, 9.17) is 10.7 Å². The molecule has 2 amide bonds. The van der Waals surface area contributed by atoms with E-state index in [0.29, 0.717) is 24.6 Å². The SMILES string of the molecule is CC1C=C(c2ccc(C(=O)NC3CC3)cc2)N2C=C(c3cccc(CC(N)=O)c3)NC(=NCCCO)C2=CC1. The number of nitrogens with zero attached hydrogens (tertiary/aromatic N) is 2. The van der Waals surface area contributed by atoms with Crippen molar-refractivity contribution in [3.63, 3.8) is 0 Å². The Bertz CT molecular complexity index is 1370. The molecule has 2 aromatic carbocycles. The number of hydrogen-bond donors (Lipinski definition) is 4. The lowest BCUT2D eigenvalue weighted by Crippen LogP contribution is -2.37. The Labute approximate surface area is 229 Å². The number of aliphatic imine (C=N–C) groups is 1. The summed E-state index contributed by atoms with van der Waals surface area (Å²) in [6.07, 6.45) is 10.2. The van der Waals surface area contributed by atoms with Crippen molar-refractivity contribution in [1.29, 1.82) is 0 Å². The van der Waals surface area contributed by atoms with Crippen LogP contribution in [0.2, 0.25) is 0 Å². The lowest BCUT2D eigenvalue weighted by molar-refractivity contribution is -0.117. The Morgan fingerprint density at radius 2 is 1.92 bits per heavy atom. The molecule has 39 heavy (non-hydrogen) atoms. The molecular formula is C31H35N5O3.